The minimum atomic E-state index is -0.467. The summed E-state index contributed by atoms with van der Waals surface area (Å²) >= 11 is 0. The summed E-state index contributed by atoms with van der Waals surface area (Å²) in [5, 5.41) is 0. The van der Waals surface area contributed by atoms with Crippen LogP contribution in [0.25, 0.3) is 0 Å². The third-order valence-electron chi connectivity index (χ3n) is 2.76. The molecular formula is C12H26N2O3. The van der Waals surface area contributed by atoms with E-state index in [1.54, 1.807) is 19.1 Å². The van der Waals surface area contributed by atoms with Gasteiger partial charge in [0, 0.05) is 20.8 Å². The van der Waals surface area contributed by atoms with E-state index in [0.717, 1.165) is 0 Å². The van der Waals surface area contributed by atoms with Gasteiger partial charge in [-0.1, -0.05) is 13.8 Å². The lowest BCUT2D eigenvalue weighted by molar-refractivity contribution is -0.137. The van der Waals surface area contributed by atoms with E-state index in [1.807, 2.05) is 20.8 Å². The van der Waals surface area contributed by atoms with Gasteiger partial charge in [-0.3, -0.25) is 4.79 Å². The molecule has 0 aliphatic rings. The fraction of sp³-hybridized carbons (Fsp3) is 0.917. The lowest BCUT2D eigenvalue weighted by Gasteiger charge is -2.32. The molecule has 2 N–H and O–H groups in total. The maximum absolute atomic E-state index is 12.2. The van der Waals surface area contributed by atoms with Crippen LogP contribution in [0.15, 0.2) is 0 Å². The molecular weight excluding hydrogens is 220 g/mol. The van der Waals surface area contributed by atoms with Crippen LogP contribution in [0.4, 0.5) is 0 Å². The van der Waals surface area contributed by atoms with Crippen LogP contribution in [0.3, 0.4) is 0 Å². The molecule has 0 saturated carbocycles. The summed E-state index contributed by atoms with van der Waals surface area (Å²) in [5.41, 5.74) is 5.89. The maximum atomic E-state index is 12.2. The standard InChI is InChI=1S/C12H26N2O3/c1-9(2)11(13)12(15)14(6-7-16-4)10(3)8-17-5/h9-11H,6-8,13H2,1-5H3/t10?,11-/m0/s1. The van der Waals surface area contributed by atoms with Crippen LogP contribution in [0.2, 0.25) is 0 Å². The van der Waals surface area contributed by atoms with Gasteiger partial charge in [-0.15, -0.1) is 0 Å². The van der Waals surface area contributed by atoms with E-state index in [2.05, 4.69) is 0 Å². The van der Waals surface area contributed by atoms with Crippen LogP contribution in [0, 0.1) is 5.92 Å². The van der Waals surface area contributed by atoms with Crippen molar-refractivity contribution in [1.82, 2.24) is 4.90 Å². The molecule has 0 aromatic carbocycles. The summed E-state index contributed by atoms with van der Waals surface area (Å²) < 4.78 is 10.1. The molecule has 0 aromatic rings. The molecule has 5 heteroatoms. The van der Waals surface area contributed by atoms with E-state index in [9.17, 15) is 4.79 Å². The van der Waals surface area contributed by atoms with E-state index in [4.69, 9.17) is 15.2 Å². The Hall–Kier alpha value is -0.650. The molecule has 1 amide bonds. The largest absolute Gasteiger partial charge is 0.383 e. The summed E-state index contributed by atoms with van der Waals surface area (Å²) in [6.07, 6.45) is 0. The van der Waals surface area contributed by atoms with Gasteiger partial charge < -0.3 is 20.1 Å². The van der Waals surface area contributed by atoms with Crippen LogP contribution >= 0.6 is 0 Å². The molecule has 102 valence electrons. The smallest absolute Gasteiger partial charge is 0.240 e. The van der Waals surface area contributed by atoms with Gasteiger partial charge >= 0.3 is 0 Å². The highest BCUT2D eigenvalue weighted by molar-refractivity contribution is 5.82. The lowest BCUT2D eigenvalue weighted by Crippen LogP contribution is -2.52. The lowest BCUT2D eigenvalue weighted by atomic mass is 10.0. The minimum absolute atomic E-state index is 0.00690. The molecule has 0 fully saturated rings. The van der Waals surface area contributed by atoms with Crippen molar-refractivity contribution in [2.24, 2.45) is 11.7 Å². The van der Waals surface area contributed by atoms with Crippen LogP contribution < -0.4 is 5.73 Å². The molecule has 2 atom stereocenters. The summed E-state index contributed by atoms with van der Waals surface area (Å²) in [6, 6.07) is -0.460. The van der Waals surface area contributed by atoms with Gasteiger partial charge in [0.25, 0.3) is 0 Å². The van der Waals surface area contributed by atoms with Gasteiger partial charge in [-0.2, -0.15) is 0 Å². The molecule has 1 unspecified atom stereocenters. The molecule has 0 radical (unpaired) electrons. The van der Waals surface area contributed by atoms with Crippen molar-refractivity contribution in [3.8, 4) is 0 Å². The van der Waals surface area contributed by atoms with E-state index in [1.165, 1.54) is 0 Å². The summed E-state index contributed by atoms with van der Waals surface area (Å²) in [5.74, 6) is 0.0869. The third-order valence-corrected chi connectivity index (χ3v) is 2.76. The monoisotopic (exact) mass is 246 g/mol. The molecule has 0 bridgehead atoms. The summed E-state index contributed by atoms with van der Waals surface area (Å²) in [7, 11) is 3.24. The Morgan fingerprint density at radius 3 is 2.24 bits per heavy atom. The highest BCUT2D eigenvalue weighted by atomic mass is 16.5. The van der Waals surface area contributed by atoms with E-state index < -0.39 is 6.04 Å². The molecule has 0 aliphatic carbocycles. The number of carbonyl (C=O) groups is 1. The third kappa shape index (κ3) is 5.48. The van der Waals surface area contributed by atoms with Gasteiger partial charge in [0.15, 0.2) is 0 Å². The van der Waals surface area contributed by atoms with Crippen molar-refractivity contribution in [1.29, 1.82) is 0 Å². The average Bonchev–Trinajstić information content (AvgIpc) is 2.28. The Morgan fingerprint density at radius 2 is 1.82 bits per heavy atom. The molecule has 5 nitrogen and oxygen atoms in total. The Bertz CT molecular complexity index is 222. The first-order chi connectivity index (χ1) is 7.95. The Morgan fingerprint density at radius 1 is 1.24 bits per heavy atom. The van der Waals surface area contributed by atoms with Gasteiger partial charge in [0.1, 0.15) is 0 Å². The van der Waals surface area contributed by atoms with Gasteiger partial charge in [0.05, 0.1) is 25.3 Å². The number of rotatable bonds is 8. The number of nitrogens with two attached hydrogens (primary N) is 1. The first-order valence-corrected chi connectivity index (χ1v) is 5.99. The predicted molar refractivity (Wildman–Crippen MR) is 67.7 cm³/mol. The Kier molecular flexibility index (Phi) is 8.12. The second-order valence-electron chi connectivity index (χ2n) is 4.60. The number of nitrogens with zero attached hydrogens (tertiary/aromatic N) is 1. The average molecular weight is 246 g/mol. The SMILES string of the molecule is COCCN(C(=O)[C@@H](N)C(C)C)C(C)COC. The Labute approximate surface area is 104 Å². The first-order valence-electron chi connectivity index (χ1n) is 5.99. The van der Waals surface area contributed by atoms with Gasteiger partial charge in [-0.05, 0) is 12.8 Å². The molecule has 17 heavy (non-hydrogen) atoms. The van der Waals surface area contributed by atoms with Crippen molar-refractivity contribution in [2.45, 2.75) is 32.9 Å². The fourth-order valence-electron chi connectivity index (χ4n) is 1.55. The highest BCUT2D eigenvalue weighted by Gasteiger charge is 2.26. The number of ether oxygens (including phenoxy) is 2. The Balaban J connectivity index is 4.59. The van der Waals surface area contributed by atoms with E-state index in [-0.39, 0.29) is 17.9 Å². The van der Waals surface area contributed by atoms with Gasteiger partial charge in [0.2, 0.25) is 5.91 Å². The highest BCUT2D eigenvalue weighted by Crippen LogP contribution is 2.08. The molecule has 0 aromatic heterocycles. The fourth-order valence-corrected chi connectivity index (χ4v) is 1.55. The van der Waals surface area contributed by atoms with Gasteiger partial charge in [-0.25, -0.2) is 0 Å². The number of amides is 1. The first kappa shape index (κ1) is 16.4. The minimum Gasteiger partial charge on any atom is -0.383 e. The normalized spacial score (nSPS) is 14.8. The topological polar surface area (TPSA) is 64.8 Å². The number of hydrogen-bond acceptors (Lipinski definition) is 4. The molecule has 0 heterocycles. The number of hydrogen-bond donors (Lipinski definition) is 1. The predicted octanol–water partition coefficient (Wildman–Crippen LogP) is 0.480. The van der Waals surface area contributed by atoms with Crippen molar-refractivity contribution >= 4 is 5.91 Å². The molecule has 0 aliphatic heterocycles. The summed E-state index contributed by atoms with van der Waals surface area (Å²) in [6.45, 7) is 7.38. The van der Waals surface area contributed by atoms with Crippen LogP contribution in [0.1, 0.15) is 20.8 Å². The second kappa shape index (κ2) is 8.44. The van der Waals surface area contributed by atoms with Crippen molar-refractivity contribution in [3.63, 3.8) is 0 Å². The zero-order valence-corrected chi connectivity index (χ0v) is 11.6. The zero-order valence-electron chi connectivity index (χ0n) is 11.6. The van der Waals surface area contributed by atoms with Crippen molar-refractivity contribution in [3.05, 3.63) is 0 Å². The van der Waals surface area contributed by atoms with Crippen LogP contribution in [0.5, 0.6) is 0 Å². The van der Waals surface area contributed by atoms with Crippen LogP contribution in [-0.4, -0.2) is 56.9 Å². The van der Waals surface area contributed by atoms with Crippen molar-refractivity contribution < 1.29 is 14.3 Å². The zero-order chi connectivity index (χ0) is 13.4. The quantitative estimate of drug-likeness (QED) is 0.676. The molecule has 0 rings (SSSR count). The van der Waals surface area contributed by atoms with Crippen molar-refractivity contribution in [2.75, 3.05) is 34.0 Å². The number of carbonyl (C=O) groups excluding carboxylic acids is 1. The summed E-state index contributed by atoms with van der Waals surface area (Å²) in [4.78, 5) is 13.9. The molecule has 0 spiro atoms. The van der Waals surface area contributed by atoms with E-state index in [0.29, 0.717) is 19.8 Å². The maximum Gasteiger partial charge on any atom is 0.240 e. The second-order valence-corrected chi connectivity index (χ2v) is 4.60. The van der Waals surface area contributed by atoms with E-state index >= 15 is 0 Å². The molecule has 0 saturated heterocycles. The van der Waals surface area contributed by atoms with Crippen LogP contribution in [-0.2, 0) is 14.3 Å². The number of methoxy groups -OCH3 is 2.